The molecule has 1 atom stereocenters. The topological polar surface area (TPSA) is 50.4 Å². The zero-order valence-corrected chi connectivity index (χ0v) is 14.2. The Morgan fingerprint density at radius 2 is 1.77 bits per heavy atom. The molecule has 0 aromatic carbocycles. The summed E-state index contributed by atoms with van der Waals surface area (Å²) in [7, 11) is 0. The zero-order valence-electron chi connectivity index (χ0n) is 14.2. The molecule has 1 aliphatic carbocycles. The van der Waals surface area contributed by atoms with Gasteiger partial charge in [-0.1, -0.05) is 57.0 Å². The second-order valence-electron chi connectivity index (χ2n) is 6.53. The maximum Gasteiger partial charge on any atom is 0.109 e. The van der Waals surface area contributed by atoms with Crippen molar-refractivity contribution >= 4 is 5.71 Å². The van der Waals surface area contributed by atoms with Crippen molar-refractivity contribution in [3.8, 4) is 0 Å². The van der Waals surface area contributed by atoms with Gasteiger partial charge in [0, 0.05) is 12.6 Å². The molecular formula is C18H31N3O. The van der Waals surface area contributed by atoms with Crippen molar-refractivity contribution in [3.05, 3.63) is 17.7 Å². The summed E-state index contributed by atoms with van der Waals surface area (Å²) < 4.78 is 2.26. The number of imidazole rings is 1. The molecule has 0 spiro atoms. The Hall–Kier alpha value is -1.32. The van der Waals surface area contributed by atoms with Gasteiger partial charge in [0.15, 0.2) is 0 Å². The second-order valence-corrected chi connectivity index (χ2v) is 6.53. The molecule has 0 saturated heterocycles. The Balaban J connectivity index is 2.20. The van der Waals surface area contributed by atoms with Gasteiger partial charge in [0.25, 0.3) is 0 Å². The number of nitrogens with zero attached hydrogens (tertiary/aromatic N) is 3. The quantitative estimate of drug-likeness (QED) is 0.614. The van der Waals surface area contributed by atoms with E-state index in [1.54, 1.807) is 0 Å². The normalized spacial score (nSPS) is 23.9. The molecule has 1 aromatic rings. The summed E-state index contributed by atoms with van der Waals surface area (Å²) in [5.41, 5.74) is 1.99. The number of aromatic nitrogens is 2. The van der Waals surface area contributed by atoms with Crippen LogP contribution >= 0.6 is 0 Å². The van der Waals surface area contributed by atoms with Crippen molar-refractivity contribution in [1.82, 2.24) is 9.55 Å². The third kappa shape index (κ3) is 4.59. The van der Waals surface area contributed by atoms with Gasteiger partial charge in [-0.25, -0.2) is 4.98 Å². The van der Waals surface area contributed by atoms with Crippen LogP contribution in [0.25, 0.3) is 0 Å². The molecule has 1 unspecified atom stereocenters. The van der Waals surface area contributed by atoms with E-state index in [1.165, 1.54) is 44.9 Å². The van der Waals surface area contributed by atoms with E-state index in [4.69, 9.17) is 0 Å². The first-order chi connectivity index (χ1) is 10.8. The minimum Gasteiger partial charge on any atom is -0.411 e. The molecule has 1 aromatic heterocycles. The molecule has 1 fully saturated rings. The molecule has 22 heavy (non-hydrogen) atoms. The monoisotopic (exact) mass is 305 g/mol. The van der Waals surface area contributed by atoms with Gasteiger partial charge >= 0.3 is 0 Å². The molecule has 1 heterocycles. The molecule has 1 saturated carbocycles. The zero-order chi connectivity index (χ0) is 15.8. The van der Waals surface area contributed by atoms with Crippen LogP contribution in [0.1, 0.15) is 88.7 Å². The van der Waals surface area contributed by atoms with E-state index in [1.807, 2.05) is 6.92 Å². The molecule has 4 heteroatoms. The second kappa shape index (κ2) is 8.96. The maximum absolute atomic E-state index is 9.55. The first-order valence-corrected chi connectivity index (χ1v) is 9.01. The van der Waals surface area contributed by atoms with Gasteiger partial charge in [-0.2, -0.15) is 0 Å². The molecule has 1 N–H and O–H groups in total. The molecule has 4 nitrogen and oxygen atoms in total. The molecule has 0 amide bonds. The van der Waals surface area contributed by atoms with Gasteiger partial charge in [-0.3, -0.25) is 0 Å². The highest BCUT2D eigenvalue weighted by Crippen LogP contribution is 2.25. The number of aryl methyl sites for hydroxylation is 2. The van der Waals surface area contributed by atoms with Crippen LogP contribution in [0.5, 0.6) is 0 Å². The third-order valence-corrected chi connectivity index (χ3v) is 4.75. The van der Waals surface area contributed by atoms with Gasteiger partial charge in [0.05, 0.1) is 17.4 Å². The van der Waals surface area contributed by atoms with Crippen molar-refractivity contribution in [2.75, 3.05) is 0 Å². The summed E-state index contributed by atoms with van der Waals surface area (Å²) in [6.45, 7) is 4.18. The smallest absolute Gasteiger partial charge is 0.109 e. The molecule has 0 radical (unpaired) electrons. The van der Waals surface area contributed by atoms with Crippen molar-refractivity contribution in [1.29, 1.82) is 0 Å². The highest BCUT2D eigenvalue weighted by Gasteiger charge is 2.21. The number of hydrogen-bond acceptors (Lipinski definition) is 3. The van der Waals surface area contributed by atoms with Gasteiger partial charge in [-0.15, -0.1) is 0 Å². The van der Waals surface area contributed by atoms with Crippen molar-refractivity contribution in [3.63, 3.8) is 0 Å². The molecule has 0 aliphatic heterocycles. The fourth-order valence-electron chi connectivity index (χ4n) is 3.55. The fraction of sp³-hybridized carbons (Fsp3) is 0.778. The van der Waals surface area contributed by atoms with E-state index >= 15 is 0 Å². The van der Waals surface area contributed by atoms with Crippen LogP contribution in [0.15, 0.2) is 11.4 Å². The number of rotatable bonds is 2. The van der Waals surface area contributed by atoms with E-state index in [0.717, 1.165) is 42.9 Å². The Kier molecular flexibility index (Phi) is 6.94. The van der Waals surface area contributed by atoms with Crippen molar-refractivity contribution in [2.24, 2.45) is 5.16 Å². The summed E-state index contributed by atoms with van der Waals surface area (Å²) in [6, 6.07) is 0.181. The van der Waals surface area contributed by atoms with Crippen LogP contribution < -0.4 is 0 Å². The lowest BCUT2D eigenvalue weighted by molar-refractivity contribution is 0.310. The molecule has 124 valence electrons. The highest BCUT2D eigenvalue weighted by molar-refractivity contribution is 5.87. The first kappa shape index (κ1) is 17.0. The number of hydrogen-bond donors (Lipinski definition) is 1. The molecule has 2 rings (SSSR count). The summed E-state index contributed by atoms with van der Waals surface area (Å²) in [4.78, 5) is 4.63. The lowest BCUT2D eigenvalue weighted by Crippen LogP contribution is -2.21. The lowest BCUT2D eigenvalue weighted by atomic mass is 9.96. The number of oxime groups is 1. The van der Waals surface area contributed by atoms with Gasteiger partial charge in [0.1, 0.15) is 5.82 Å². The summed E-state index contributed by atoms with van der Waals surface area (Å²) in [6.07, 6.45) is 15.2. The summed E-state index contributed by atoms with van der Waals surface area (Å²) in [5.74, 6) is 1.11. The fourth-order valence-corrected chi connectivity index (χ4v) is 3.55. The minimum atomic E-state index is 0.181. The van der Waals surface area contributed by atoms with E-state index in [9.17, 15) is 5.21 Å². The summed E-state index contributed by atoms with van der Waals surface area (Å²) in [5, 5.41) is 13.2. The Labute approximate surface area is 134 Å². The Bertz CT molecular complexity index is 479. The average molecular weight is 305 g/mol. The average Bonchev–Trinajstić information content (AvgIpc) is 2.88. The van der Waals surface area contributed by atoms with Crippen LogP contribution in [0.3, 0.4) is 0 Å². The van der Waals surface area contributed by atoms with Crippen LogP contribution in [-0.2, 0) is 6.42 Å². The van der Waals surface area contributed by atoms with Crippen LogP contribution in [0, 0.1) is 6.92 Å². The van der Waals surface area contributed by atoms with E-state index in [-0.39, 0.29) is 6.04 Å². The van der Waals surface area contributed by atoms with Crippen LogP contribution in [-0.4, -0.2) is 20.5 Å². The molecule has 1 aliphatic rings. The van der Waals surface area contributed by atoms with Crippen molar-refractivity contribution < 1.29 is 5.21 Å². The van der Waals surface area contributed by atoms with E-state index in [0.29, 0.717) is 0 Å². The highest BCUT2D eigenvalue weighted by atomic mass is 16.4. The van der Waals surface area contributed by atoms with E-state index in [2.05, 4.69) is 27.8 Å². The SMILES string of the molecule is CCc1nc(C)cn1C1CCCCCCCCCCC1=NO. The molecular weight excluding hydrogens is 274 g/mol. The lowest BCUT2D eigenvalue weighted by Gasteiger charge is -2.22. The van der Waals surface area contributed by atoms with Crippen LogP contribution in [0.2, 0.25) is 0 Å². The van der Waals surface area contributed by atoms with Crippen molar-refractivity contribution in [2.45, 2.75) is 90.5 Å². The first-order valence-electron chi connectivity index (χ1n) is 9.01. The van der Waals surface area contributed by atoms with Gasteiger partial charge in [0.2, 0.25) is 0 Å². The maximum atomic E-state index is 9.55. The van der Waals surface area contributed by atoms with E-state index < -0.39 is 0 Å². The van der Waals surface area contributed by atoms with Gasteiger partial charge < -0.3 is 9.77 Å². The Morgan fingerprint density at radius 1 is 1.14 bits per heavy atom. The summed E-state index contributed by atoms with van der Waals surface area (Å²) >= 11 is 0. The standard InChI is InChI=1S/C18H31N3O/c1-3-18-19-15(2)14-21(18)17-13-11-9-7-5-4-6-8-10-12-16(17)20-22/h14,17,22H,3-13H2,1-2H3. The van der Waals surface area contributed by atoms with Crippen LogP contribution in [0.4, 0.5) is 0 Å². The Morgan fingerprint density at radius 3 is 2.41 bits per heavy atom. The minimum absolute atomic E-state index is 0.181. The predicted octanol–water partition coefficient (Wildman–Crippen LogP) is 5.04. The third-order valence-electron chi connectivity index (χ3n) is 4.75. The largest absolute Gasteiger partial charge is 0.411 e. The molecule has 0 bridgehead atoms. The van der Waals surface area contributed by atoms with Gasteiger partial charge in [-0.05, 0) is 26.2 Å². The predicted molar refractivity (Wildman–Crippen MR) is 90.8 cm³/mol.